The van der Waals surface area contributed by atoms with Crippen LogP contribution in [-0.2, 0) is 0 Å². The Balaban J connectivity index is -0.0000000712. The van der Waals surface area contributed by atoms with Crippen molar-refractivity contribution in [3.63, 3.8) is 0 Å². The zero-order valence-electron chi connectivity index (χ0n) is 88.4. The fourth-order valence-electron chi connectivity index (χ4n) is 5.27. The van der Waals surface area contributed by atoms with Crippen LogP contribution >= 0.6 is 0 Å². The van der Waals surface area contributed by atoms with E-state index >= 15 is 0 Å². The van der Waals surface area contributed by atoms with Gasteiger partial charge in [-0.1, -0.05) is 374 Å². The van der Waals surface area contributed by atoms with Gasteiger partial charge in [-0.05, 0) is 110 Å². The van der Waals surface area contributed by atoms with Gasteiger partial charge in [0, 0.05) is 26.5 Å². The zero-order valence-corrected chi connectivity index (χ0v) is 82.4. The summed E-state index contributed by atoms with van der Waals surface area (Å²) in [6, 6.07) is 0. The molecule has 0 amide bonds. The molecule has 6 atom stereocenters. The number of rotatable bonds is 24. The molecule has 0 aromatic rings. The van der Waals surface area contributed by atoms with Crippen molar-refractivity contribution in [2.24, 2.45) is 92.2 Å². The van der Waals surface area contributed by atoms with Gasteiger partial charge in [0.1, 0.15) is 0 Å². The summed E-state index contributed by atoms with van der Waals surface area (Å²) in [5, 5.41) is 0. The Hall–Kier alpha value is -1.75. The van der Waals surface area contributed by atoms with Crippen molar-refractivity contribution < 1.29 is 118 Å². The number of hydrogen-bond donors (Lipinski definition) is 0. The van der Waals surface area contributed by atoms with Crippen molar-refractivity contribution in [1.82, 2.24) is 0 Å². The van der Waals surface area contributed by atoms with E-state index in [1.165, 1.54) is 93.4 Å². The predicted molar refractivity (Wildman–Crippen MR) is 461 cm³/mol. The molecule has 734 valence electrons. The molecule has 0 spiro atoms. The second-order valence-corrected chi connectivity index (χ2v) is 35.7. The van der Waals surface area contributed by atoms with E-state index in [2.05, 4.69) is 132 Å². The molecule has 0 heterocycles. The van der Waals surface area contributed by atoms with E-state index in [0.717, 1.165) is 58.3 Å². The van der Waals surface area contributed by atoms with E-state index in [-0.39, 0.29) is 69.1 Å². The third-order valence-corrected chi connectivity index (χ3v) is 17.2. The highest BCUT2D eigenvalue weighted by Crippen LogP contribution is 2.52. The third-order valence-electron chi connectivity index (χ3n) is 17.2. The molecule has 0 aliphatic heterocycles. The highest BCUT2D eigenvalue weighted by molar-refractivity contribution is 4.87. The molecule has 6 unspecified atom stereocenters. The van der Waals surface area contributed by atoms with Crippen molar-refractivity contribution in [1.29, 1.82) is 0 Å². The molecule has 0 nitrogen and oxygen atoms in total. The monoisotopic (exact) mass is 1780 g/mol. The first-order chi connectivity index (χ1) is 54.0. The van der Waals surface area contributed by atoms with Crippen molar-refractivity contribution in [2.75, 3.05) is 13.3 Å². The van der Waals surface area contributed by atoms with Gasteiger partial charge < -0.3 is 0 Å². The molecular weight excluding hydrogens is 1580 g/mol. The van der Waals surface area contributed by atoms with E-state index in [0.29, 0.717) is 29.1 Å². The molecule has 0 aromatic heterocycles. The Morgan fingerprint density at radius 3 is 0.615 bits per heavy atom. The molecule has 0 rings (SSSR count). The number of alkyl halides is 25. The topological polar surface area (TPSA) is 0 Å². The highest BCUT2D eigenvalue weighted by atomic mass is 19.4. The summed E-state index contributed by atoms with van der Waals surface area (Å²) in [5.41, 5.74) is -2.18. The second-order valence-electron chi connectivity index (χ2n) is 35.7. The Kier molecular flexibility index (Phi) is 100. The maximum absolute atomic E-state index is 12.3. The number of hydrogen-bond acceptors (Lipinski definition) is 0. The summed E-state index contributed by atoms with van der Waals surface area (Å²) in [6.07, 6.45) is -21.4. The molecule has 0 aliphatic carbocycles. The van der Waals surface area contributed by atoms with Gasteiger partial charge in [0.2, 0.25) is 25.2 Å². The minimum Gasteiger partial charge on any atom is -0.251 e. The van der Waals surface area contributed by atoms with Crippen LogP contribution in [0.15, 0.2) is 0 Å². The molecule has 0 saturated heterocycles. The van der Waals surface area contributed by atoms with Crippen LogP contribution in [0.1, 0.15) is 447 Å². The SMILES string of the molecule is CCC(C(F)F)C(F)F.CCC(C)(C(F)(F)F)C(F)(F)F.CCC(C)(C)C.CCC(C)(C)C.CCC(C)C.CCC(C)C(F)(F)F.CCC(C)CF.CCC(F)(F)C(C)C.CCCC(C)(C)C.CCCC(C)C.CCCC(C)C(F)(F)F.CCCC(C)C(F)F.CCCC(C)CF.[2H]C([2H])(C)C(C)(C)C.[2H]C([2H])(C)C(C)C.[2H]C([2H])(C)CC(C)C(F)(F)F. The van der Waals surface area contributed by atoms with Crippen molar-refractivity contribution >= 4 is 0 Å². The third kappa shape index (κ3) is 143. The lowest BCUT2D eigenvalue weighted by atomic mass is 9.86. The molecule has 0 aliphatic rings. The van der Waals surface area contributed by atoms with Crippen LogP contribution in [-0.4, -0.2) is 69.4 Å². The largest absolute Gasteiger partial charge is 0.402 e. The predicted octanol–water partition coefficient (Wildman–Crippen LogP) is 41.1. The average Bonchev–Trinajstić information content (AvgIpc) is 0.778. The van der Waals surface area contributed by atoms with Gasteiger partial charge in [-0.3, -0.25) is 8.78 Å². The van der Waals surface area contributed by atoms with Crippen LogP contribution < -0.4 is 0 Å². The van der Waals surface area contributed by atoms with Crippen molar-refractivity contribution in [2.45, 2.75) is 495 Å². The summed E-state index contributed by atoms with van der Waals surface area (Å²) in [5.74, 6) is -6.53. The first kappa shape index (κ1) is 136. The van der Waals surface area contributed by atoms with E-state index in [1.54, 1.807) is 27.7 Å². The average molecular weight is 1780 g/mol. The summed E-state index contributed by atoms with van der Waals surface area (Å²) >= 11 is 0. The van der Waals surface area contributed by atoms with Gasteiger partial charge >= 0.3 is 30.9 Å². The zero-order chi connectivity index (χ0) is 104. The highest BCUT2D eigenvalue weighted by Gasteiger charge is 2.66. The van der Waals surface area contributed by atoms with Gasteiger partial charge in [-0.2, -0.15) is 65.9 Å². The molecule has 0 fully saturated rings. The van der Waals surface area contributed by atoms with E-state index in [9.17, 15) is 110 Å². The standard InChI is InChI=1S/C7H16.C6H8F6.2C6H11F3.2C6H12F2.C6H13F.4C6H14.C5H8F4.C5H9F3.C5H11F.2C5H12/c1-5-6-7(2,3)4;1-3-4(2,5(7,8)9)6(10,11)12;2*1-3-4-5(2)6(7,8)9;1-4-6(7,8)5(2)3;1-3-4-5(2)6(7)8;1-3-4-6(2)5-7;3*1-5-6(2,3)4;1-4-5-6(2)3;1-2-3(4(6)7)5(8)9;1-3-4(2)5(6,7)8;1-3-5(2)4-6;2*1-4-5(2)3/h5-6H2,1-4H3;3H2,1-2H3;2*5H,3-4H2,1-2H3;5H,4H2,1-3H3;5-6H,3-4H2,1-2H3;6H,3-5H2,1-2H3;3*5H2,1-4H3;6H,4-5H2,1-3H3;3-5H,2H2,1H3;4H,3H2,1-2H3;5H,3-4H2,1-2H3;2*5H,4H2,1-3H3/i;;3D2;;;;;5D2;;;;;;;4D2;. The van der Waals surface area contributed by atoms with E-state index in [1.807, 2.05) is 62.3 Å². The lowest BCUT2D eigenvalue weighted by Gasteiger charge is -2.32. The molecule has 25 heteroatoms. The van der Waals surface area contributed by atoms with E-state index < -0.39 is 129 Å². The molecule has 117 heavy (non-hydrogen) atoms. The second kappa shape index (κ2) is 86.4. The molecule has 0 radical (unpaired) electrons. The molecule has 0 bridgehead atoms. The first-order valence-corrected chi connectivity index (χ1v) is 42.6. The lowest BCUT2D eigenvalue weighted by molar-refractivity contribution is -0.335. The van der Waals surface area contributed by atoms with Gasteiger partial charge in [0.05, 0.1) is 37.0 Å². The lowest BCUT2D eigenvalue weighted by Crippen LogP contribution is -2.47. The summed E-state index contributed by atoms with van der Waals surface area (Å²) in [6.45, 7) is 78.7. The fourth-order valence-corrected chi connectivity index (χ4v) is 5.27. The van der Waals surface area contributed by atoms with Gasteiger partial charge in [-0.15, -0.1) is 0 Å². The Bertz CT molecular complexity index is 2050. The Morgan fingerprint density at radius 2 is 0.581 bits per heavy atom. The van der Waals surface area contributed by atoms with E-state index in [4.69, 9.17) is 8.22 Å². The van der Waals surface area contributed by atoms with Gasteiger partial charge in [0.15, 0.2) is 5.41 Å². The number of halogens is 25. The Morgan fingerprint density at radius 1 is 0.291 bits per heavy atom. The maximum Gasteiger partial charge on any atom is 0.402 e. The smallest absolute Gasteiger partial charge is 0.251 e. The molecule has 0 N–H and O–H groups in total. The summed E-state index contributed by atoms with van der Waals surface area (Å²) in [4.78, 5) is 0. The minimum atomic E-state index is -5.24. The van der Waals surface area contributed by atoms with Crippen LogP contribution in [0.2, 0.25) is 0 Å². The van der Waals surface area contributed by atoms with Crippen LogP contribution in [0.4, 0.5) is 110 Å². The summed E-state index contributed by atoms with van der Waals surface area (Å²) < 4.78 is 335. The van der Waals surface area contributed by atoms with Crippen LogP contribution in [0.25, 0.3) is 0 Å². The molecule has 0 saturated carbocycles. The Labute approximate surface area is 716 Å². The maximum atomic E-state index is 12.3. The van der Waals surface area contributed by atoms with Crippen molar-refractivity contribution in [3.05, 3.63) is 0 Å². The first-order valence-electron chi connectivity index (χ1n) is 45.6. The van der Waals surface area contributed by atoms with Gasteiger partial charge in [-0.25, -0.2) is 35.1 Å². The minimum absolute atomic E-state index is 0.0509. The van der Waals surface area contributed by atoms with Crippen LogP contribution in [0, 0.1) is 92.2 Å². The normalized spacial score (nSPS) is 14.5. The van der Waals surface area contributed by atoms with Gasteiger partial charge in [0.25, 0.3) is 0 Å². The quantitative estimate of drug-likeness (QED) is 0.0845. The van der Waals surface area contributed by atoms with Crippen LogP contribution in [0.3, 0.4) is 0 Å². The summed E-state index contributed by atoms with van der Waals surface area (Å²) in [7, 11) is 0. The molecule has 0 aromatic carbocycles. The molecular formula is C92H191F25. The van der Waals surface area contributed by atoms with Crippen molar-refractivity contribution in [3.8, 4) is 0 Å². The van der Waals surface area contributed by atoms with Crippen LogP contribution in [0.5, 0.6) is 0 Å². The fraction of sp³-hybridized carbons (Fsp3) is 1.00.